The molecule has 23 heavy (non-hydrogen) atoms. The average Bonchev–Trinajstić information content (AvgIpc) is 3.07. The van der Waals surface area contributed by atoms with Crippen LogP contribution in [0.5, 0.6) is 0 Å². The van der Waals surface area contributed by atoms with Crippen LogP contribution in [0.1, 0.15) is 12.0 Å². The highest BCUT2D eigenvalue weighted by Gasteiger charge is 2.32. The van der Waals surface area contributed by atoms with Gasteiger partial charge in [0.25, 0.3) is 0 Å². The van der Waals surface area contributed by atoms with Gasteiger partial charge in [-0.25, -0.2) is 23.2 Å². The first-order chi connectivity index (χ1) is 10.9. The van der Waals surface area contributed by atoms with E-state index in [-0.39, 0.29) is 24.0 Å². The van der Waals surface area contributed by atoms with Crippen molar-refractivity contribution in [1.29, 1.82) is 0 Å². The molecule has 9 heteroatoms. The van der Waals surface area contributed by atoms with Crippen molar-refractivity contribution in [3.05, 3.63) is 42.5 Å². The summed E-state index contributed by atoms with van der Waals surface area (Å²) in [5, 5.41) is 9.12. The highest BCUT2D eigenvalue weighted by atomic mass is 32.2. The van der Waals surface area contributed by atoms with Crippen molar-refractivity contribution >= 4 is 21.6 Å². The summed E-state index contributed by atoms with van der Waals surface area (Å²) < 4.78 is 24.1. The lowest BCUT2D eigenvalue weighted by atomic mass is 10.1. The highest BCUT2D eigenvalue weighted by molar-refractivity contribution is 7.89. The van der Waals surface area contributed by atoms with Crippen molar-refractivity contribution in [2.24, 2.45) is 11.1 Å². The molecule has 1 aliphatic rings. The molecule has 1 aliphatic heterocycles. The summed E-state index contributed by atoms with van der Waals surface area (Å²) >= 11 is 0. The minimum Gasteiger partial charge on any atom is -0.312 e. The minimum absolute atomic E-state index is 0.0865. The Labute approximate surface area is 134 Å². The van der Waals surface area contributed by atoms with E-state index in [0.29, 0.717) is 13.1 Å². The summed E-state index contributed by atoms with van der Waals surface area (Å²) in [4.78, 5) is 17.7. The van der Waals surface area contributed by atoms with Crippen molar-refractivity contribution in [3.8, 4) is 0 Å². The number of carbonyl (C=O) groups is 1. The molecule has 0 spiro atoms. The van der Waals surface area contributed by atoms with Crippen LogP contribution in [0.2, 0.25) is 0 Å². The monoisotopic (exact) mass is 335 g/mol. The van der Waals surface area contributed by atoms with Gasteiger partial charge in [0, 0.05) is 24.6 Å². The van der Waals surface area contributed by atoms with E-state index in [1.165, 1.54) is 6.33 Å². The molecule has 2 aromatic rings. The molecular weight excluding hydrogens is 318 g/mol. The minimum atomic E-state index is -3.58. The molecule has 1 aromatic carbocycles. The van der Waals surface area contributed by atoms with Crippen LogP contribution in [0.25, 0.3) is 0 Å². The molecule has 1 amide bonds. The van der Waals surface area contributed by atoms with Gasteiger partial charge in [0.2, 0.25) is 15.9 Å². The van der Waals surface area contributed by atoms with Crippen molar-refractivity contribution in [3.63, 3.8) is 0 Å². The zero-order chi connectivity index (χ0) is 16.4. The molecule has 1 aromatic heterocycles. The van der Waals surface area contributed by atoms with Crippen molar-refractivity contribution in [1.82, 2.24) is 14.8 Å². The summed E-state index contributed by atoms with van der Waals surface area (Å²) in [6, 6.07) is 7.54. The quantitative estimate of drug-likeness (QED) is 0.824. The Morgan fingerprint density at radius 3 is 2.87 bits per heavy atom. The number of carbonyl (C=O) groups excluding carboxylic acids is 1. The molecule has 3 rings (SSSR count). The lowest BCUT2D eigenvalue weighted by molar-refractivity contribution is -0.117. The highest BCUT2D eigenvalue weighted by Crippen LogP contribution is 2.26. The van der Waals surface area contributed by atoms with Crippen LogP contribution in [0.3, 0.4) is 0 Å². The third-order valence-electron chi connectivity index (χ3n) is 3.71. The molecule has 0 radical (unpaired) electrons. The van der Waals surface area contributed by atoms with Gasteiger partial charge in [-0.2, -0.15) is 5.10 Å². The molecule has 122 valence electrons. The molecule has 0 aliphatic carbocycles. The topological polar surface area (TPSA) is 111 Å². The van der Waals surface area contributed by atoms with Gasteiger partial charge in [-0.15, -0.1) is 0 Å². The maximum atomic E-state index is 12.2. The number of nitrogens with two attached hydrogens (primary N) is 1. The molecule has 1 atom stereocenters. The number of nitrogens with zero attached hydrogens (tertiary/aromatic N) is 4. The maximum Gasteiger partial charge on any atom is 0.227 e. The summed E-state index contributed by atoms with van der Waals surface area (Å²) in [5.41, 5.74) is 1.74. The predicted octanol–water partition coefficient (Wildman–Crippen LogP) is -0.0322. The van der Waals surface area contributed by atoms with E-state index < -0.39 is 10.0 Å². The van der Waals surface area contributed by atoms with Gasteiger partial charge in [0.05, 0.1) is 12.3 Å². The Kier molecular flexibility index (Phi) is 4.14. The molecule has 0 bridgehead atoms. The number of benzene rings is 1. The Morgan fingerprint density at radius 1 is 1.35 bits per heavy atom. The number of primary sulfonamides is 1. The second-order valence-corrected chi connectivity index (χ2v) is 7.33. The molecular formula is C14H17N5O3S. The van der Waals surface area contributed by atoms with Crippen LogP contribution in [0.15, 0.2) is 36.9 Å². The van der Waals surface area contributed by atoms with Gasteiger partial charge in [0.1, 0.15) is 12.7 Å². The number of sulfonamides is 1. The first kappa shape index (κ1) is 15.6. The molecule has 2 N–H and O–H groups in total. The van der Waals surface area contributed by atoms with E-state index in [0.717, 1.165) is 11.3 Å². The lowest BCUT2D eigenvalue weighted by Gasteiger charge is -2.17. The number of anilines is 1. The Hall–Kier alpha value is -2.26. The molecule has 1 saturated heterocycles. The zero-order valence-corrected chi connectivity index (χ0v) is 13.2. The summed E-state index contributed by atoms with van der Waals surface area (Å²) in [6.45, 7) is 0.915. The second kappa shape index (κ2) is 6.09. The maximum absolute atomic E-state index is 12.2. The Bertz CT molecular complexity index is 804. The smallest absolute Gasteiger partial charge is 0.227 e. The standard InChI is InChI=1S/C14H17N5O3S/c15-23(21,22)8-12-5-14(20)19(7-12)13-3-1-2-11(4-13)6-18-10-16-9-17-18/h1-4,9-10,12H,5-8H2,(H2,15,21,22). The van der Waals surface area contributed by atoms with Gasteiger partial charge in [-0.1, -0.05) is 12.1 Å². The van der Waals surface area contributed by atoms with Gasteiger partial charge in [0.15, 0.2) is 0 Å². The lowest BCUT2D eigenvalue weighted by Crippen LogP contribution is -2.27. The van der Waals surface area contributed by atoms with Gasteiger partial charge >= 0.3 is 0 Å². The molecule has 1 fully saturated rings. The first-order valence-electron chi connectivity index (χ1n) is 7.13. The van der Waals surface area contributed by atoms with Crippen LogP contribution < -0.4 is 10.0 Å². The van der Waals surface area contributed by atoms with Gasteiger partial charge in [-0.3, -0.25) is 4.79 Å². The third-order valence-corrected chi connectivity index (χ3v) is 4.64. The normalized spacial score (nSPS) is 18.6. The number of aromatic nitrogens is 3. The zero-order valence-electron chi connectivity index (χ0n) is 12.4. The molecule has 1 unspecified atom stereocenters. The summed E-state index contributed by atoms with van der Waals surface area (Å²) in [7, 11) is -3.58. The van der Waals surface area contributed by atoms with Crippen molar-refractivity contribution in [2.45, 2.75) is 13.0 Å². The SMILES string of the molecule is NS(=O)(=O)CC1CC(=O)N(c2cccc(Cn3cncn3)c2)C1. The number of hydrogen-bond acceptors (Lipinski definition) is 5. The van der Waals surface area contributed by atoms with Crippen molar-refractivity contribution < 1.29 is 13.2 Å². The van der Waals surface area contributed by atoms with E-state index in [9.17, 15) is 13.2 Å². The van der Waals surface area contributed by atoms with E-state index in [1.807, 2.05) is 24.3 Å². The predicted molar refractivity (Wildman–Crippen MR) is 84.0 cm³/mol. The van der Waals surface area contributed by atoms with Crippen LogP contribution in [-0.4, -0.2) is 41.4 Å². The van der Waals surface area contributed by atoms with Crippen LogP contribution in [0.4, 0.5) is 5.69 Å². The first-order valence-corrected chi connectivity index (χ1v) is 8.84. The Morgan fingerprint density at radius 2 is 2.17 bits per heavy atom. The largest absolute Gasteiger partial charge is 0.312 e. The fourth-order valence-electron chi connectivity index (χ4n) is 2.80. The third kappa shape index (κ3) is 3.93. The van der Waals surface area contributed by atoms with Crippen molar-refractivity contribution in [2.75, 3.05) is 17.2 Å². The number of rotatable bonds is 5. The van der Waals surface area contributed by atoms with Crippen LogP contribution in [-0.2, 0) is 21.4 Å². The van der Waals surface area contributed by atoms with Gasteiger partial charge in [-0.05, 0) is 17.7 Å². The fraction of sp³-hybridized carbons (Fsp3) is 0.357. The van der Waals surface area contributed by atoms with Crippen LogP contribution in [0, 0.1) is 5.92 Å². The second-order valence-electron chi connectivity index (χ2n) is 5.67. The molecule has 8 nitrogen and oxygen atoms in total. The molecule has 2 heterocycles. The number of amides is 1. The van der Waals surface area contributed by atoms with Gasteiger partial charge < -0.3 is 4.90 Å². The average molecular weight is 335 g/mol. The summed E-state index contributed by atoms with van der Waals surface area (Å²) in [6.07, 6.45) is 3.28. The van der Waals surface area contributed by atoms with E-state index in [4.69, 9.17) is 5.14 Å². The van der Waals surface area contributed by atoms with Crippen LogP contribution >= 0.6 is 0 Å². The Balaban J connectivity index is 1.75. The summed E-state index contributed by atoms with van der Waals surface area (Å²) in [5.74, 6) is -0.526. The van der Waals surface area contributed by atoms with E-state index in [1.54, 1.807) is 15.9 Å². The molecule has 0 saturated carbocycles. The fourth-order valence-corrected chi connectivity index (χ4v) is 3.68. The number of hydrogen-bond donors (Lipinski definition) is 1. The van der Waals surface area contributed by atoms with E-state index in [2.05, 4.69) is 10.1 Å². The van der Waals surface area contributed by atoms with E-state index >= 15 is 0 Å².